The van der Waals surface area contributed by atoms with Gasteiger partial charge in [0.15, 0.2) is 28.2 Å². The summed E-state index contributed by atoms with van der Waals surface area (Å²) in [6.07, 6.45) is 1.85. The van der Waals surface area contributed by atoms with Gasteiger partial charge in [0.25, 0.3) is 5.91 Å². The van der Waals surface area contributed by atoms with E-state index in [1.54, 1.807) is 12.0 Å². The van der Waals surface area contributed by atoms with Gasteiger partial charge in [-0.2, -0.15) is 0 Å². The minimum absolute atomic E-state index is 0.151. The summed E-state index contributed by atoms with van der Waals surface area (Å²) in [4.78, 5) is 21.0. The molecule has 0 aliphatic carbocycles. The maximum Gasteiger partial charge on any atom is 0.271 e. The predicted molar refractivity (Wildman–Crippen MR) is 206 cm³/mol. The number of carbonyl (C=O) groups is 1. The summed E-state index contributed by atoms with van der Waals surface area (Å²) in [7, 11) is 1.60. The van der Waals surface area contributed by atoms with Crippen LogP contribution in [0, 0.1) is 13.8 Å². The summed E-state index contributed by atoms with van der Waals surface area (Å²) in [5, 5.41) is 0.586. The zero-order valence-corrected chi connectivity index (χ0v) is 30.7. The second-order valence-electron chi connectivity index (χ2n) is 11.6. The number of hydrogen-bond donors (Lipinski definition) is 0. The fraction of sp³-hybridized carbons (Fsp3) is 0.171. The van der Waals surface area contributed by atoms with E-state index >= 15 is 0 Å². The Kier molecular flexibility index (Phi) is 11.3. The van der Waals surface area contributed by atoms with E-state index in [9.17, 15) is 4.79 Å². The van der Waals surface area contributed by atoms with Crippen LogP contribution in [0.2, 0.25) is 0 Å². The van der Waals surface area contributed by atoms with Crippen LogP contribution >= 0.6 is 27.7 Å². The zero-order chi connectivity index (χ0) is 35.0. The van der Waals surface area contributed by atoms with Crippen LogP contribution in [0.3, 0.4) is 0 Å². The van der Waals surface area contributed by atoms with Gasteiger partial charge in [-0.15, -0.1) is 0 Å². The van der Waals surface area contributed by atoms with Crippen LogP contribution in [0.15, 0.2) is 124 Å². The highest BCUT2D eigenvalue weighted by Crippen LogP contribution is 2.41. The molecule has 0 bridgehead atoms. The van der Waals surface area contributed by atoms with E-state index in [0.717, 1.165) is 39.2 Å². The van der Waals surface area contributed by atoms with E-state index in [4.69, 9.17) is 23.9 Å². The Morgan fingerprint density at radius 1 is 0.760 bits per heavy atom. The number of aryl methyl sites for hydroxylation is 2. The number of halogens is 1. The Bertz CT molecular complexity index is 2030. The molecule has 1 fully saturated rings. The molecule has 5 aromatic carbocycles. The summed E-state index contributed by atoms with van der Waals surface area (Å²) in [5.41, 5.74) is 6.55. The van der Waals surface area contributed by atoms with Gasteiger partial charge in [0.05, 0.1) is 34.5 Å². The van der Waals surface area contributed by atoms with Gasteiger partial charge in [0.2, 0.25) is 0 Å². The molecule has 0 N–H and O–H groups in total. The van der Waals surface area contributed by atoms with Crippen LogP contribution < -0.4 is 23.8 Å². The molecule has 7 nitrogen and oxygen atoms in total. The quantitative estimate of drug-likeness (QED) is 0.118. The van der Waals surface area contributed by atoms with Gasteiger partial charge in [0.1, 0.15) is 13.2 Å². The van der Waals surface area contributed by atoms with Gasteiger partial charge < -0.3 is 18.9 Å². The molecule has 1 saturated heterocycles. The monoisotopic (exact) mass is 748 g/mol. The number of nitrogens with zero attached hydrogens (tertiary/aromatic N) is 2. The first-order valence-corrected chi connectivity index (χ1v) is 17.8. The van der Waals surface area contributed by atoms with Crippen molar-refractivity contribution in [2.75, 3.05) is 18.6 Å². The molecule has 1 aliphatic rings. The molecule has 5 aromatic rings. The van der Waals surface area contributed by atoms with Gasteiger partial charge in [-0.25, -0.2) is 4.99 Å². The van der Waals surface area contributed by atoms with Crippen LogP contribution in [0.5, 0.6) is 23.0 Å². The zero-order valence-electron chi connectivity index (χ0n) is 28.3. The number of benzene rings is 5. The second kappa shape index (κ2) is 16.1. The maximum absolute atomic E-state index is 13.9. The standard InChI is InChI=1S/C41H37BrN2O5S/c1-5-47-36-22-30(15-20-35(36)48-25-29-9-7-6-8-10-29)26-49-39-34(42)21-31(23-37(39)46-4)24-38-40(45)44(33-18-13-28(3)14-19-33)41(50-38)43-32-16-11-27(2)12-17-32/h6-24H,5,25-26H2,1-4H3/b38-24+,43-41?. The number of carbonyl (C=O) groups excluding carboxylic acids is 1. The van der Waals surface area contributed by atoms with Crippen molar-refractivity contribution < 1.29 is 23.7 Å². The molecule has 254 valence electrons. The average Bonchev–Trinajstić information content (AvgIpc) is 3.42. The number of methoxy groups -OCH3 is 1. The van der Waals surface area contributed by atoms with Gasteiger partial charge in [-0.1, -0.05) is 71.8 Å². The van der Waals surface area contributed by atoms with Crippen molar-refractivity contribution in [1.82, 2.24) is 0 Å². The van der Waals surface area contributed by atoms with Crippen LogP contribution in [-0.4, -0.2) is 24.8 Å². The summed E-state index contributed by atoms with van der Waals surface area (Å²) in [5.74, 6) is 2.24. The third kappa shape index (κ3) is 8.41. The van der Waals surface area contributed by atoms with Gasteiger partial charge in [-0.05, 0) is 120 Å². The van der Waals surface area contributed by atoms with Crippen LogP contribution in [0.4, 0.5) is 11.4 Å². The smallest absolute Gasteiger partial charge is 0.271 e. The highest BCUT2D eigenvalue weighted by molar-refractivity contribution is 9.10. The summed E-state index contributed by atoms with van der Waals surface area (Å²) < 4.78 is 24.7. The van der Waals surface area contributed by atoms with Crippen molar-refractivity contribution in [3.8, 4) is 23.0 Å². The lowest BCUT2D eigenvalue weighted by atomic mass is 10.1. The maximum atomic E-state index is 13.9. The van der Waals surface area contributed by atoms with E-state index < -0.39 is 0 Å². The lowest BCUT2D eigenvalue weighted by Gasteiger charge is -2.16. The molecule has 9 heteroatoms. The van der Waals surface area contributed by atoms with E-state index in [0.29, 0.717) is 50.8 Å². The molecule has 0 spiro atoms. The molecule has 1 aliphatic heterocycles. The topological polar surface area (TPSA) is 69.6 Å². The average molecular weight is 750 g/mol. The number of rotatable bonds is 12. The fourth-order valence-electron chi connectivity index (χ4n) is 5.24. The third-order valence-electron chi connectivity index (χ3n) is 7.84. The SMILES string of the molecule is CCOc1cc(COc2c(Br)cc(/C=C3/SC(=Nc4ccc(C)cc4)N(c4ccc(C)cc4)C3=O)cc2OC)ccc1OCc1ccccc1. The van der Waals surface area contributed by atoms with Crippen molar-refractivity contribution >= 4 is 56.2 Å². The summed E-state index contributed by atoms with van der Waals surface area (Å²) in [6.45, 7) is 7.22. The Hall–Kier alpha value is -4.99. The fourth-order valence-corrected chi connectivity index (χ4v) is 6.81. The molecule has 0 unspecified atom stereocenters. The number of amidine groups is 1. The lowest BCUT2D eigenvalue weighted by molar-refractivity contribution is -0.113. The van der Waals surface area contributed by atoms with E-state index in [2.05, 4.69) is 15.9 Å². The highest BCUT2D eigenvalue weighted by Gasteiger charge is 2.35. The molecule has 0 radical (unpaired) electrons. The predicted octanol–water partition coefficient (Wildman–Crippen LogP) is 10.4. The number of amides is 1. The first-order valence-electron chi connectivity index (χ1n) is 16.2. The van der Waals surface area contributed by atoms with Crippen molar-refractivity contribution in [3.05, 3.63) is 146 Å². The van der Waals surface area contributed by atoms with Gasteiger partial charge in [0, 0.05) is 0 Å². The highest BCUT2D eigenvalue weighted by atomic mass is 79.9. The Morgan fingerprint density at radius 2 is 1.46 bits per heavy atom. The van der Waals surface area contributed by atoms with Gasteiger partial charge >= 0.3 is 0 Å². The molecule has 1 amide bonds. The molecular formula is C41H37BrN2O5S. The van der Waals surface area contributed by atoms with Crippen LogP contribution in [-0.2, 0) is 18.0 Å². The third-order valence-corrected chi connectivity index (χ3v) is 9.39. The molecular weight excluding hydrogens is 712 g/mol. The lowest BCUT2D eigenvalue weighted by Crippen LogP contribution is -2.28. The second-order valence-corrected chi connectivity index (χ2v) is 13.5. The van der Waals surface area contributed by atoms with Gasteiger partial charge in [-0.3, -0.25) is 9.69 Å². The number of thioether (sulfide) groups is 1. The molecule has 0 saturated carbocycles. The molecule has 0 aromatic heterocycles. The largest absolute Gasteiger partial charge is 0.493 e. The Morgan fingerprint density at radius 3 is 2.16 bits per heavy atom. The van der Waals surface area contributed by atoms with Crippen LogP contribution in [0.25, 0.3) is 6.08 Å². The minimum Gasteiger partial charge on any atom is -0.493 e. The normalized spacial score (nSPS) is 14.3. The van der Waals surface area contributed by atoms with Crippen molar-refractivity contribution in [1.29, 1.82) is 0 Å². The number of aliphatic imine (C=N–C) groups is 1. The molecule has 0 atom stereocenters. The Balaban J connectivity index is 1.22. The van der Waals surface area contributed by atoms with Crippen LogP contribution in [0.1, 0.15) is 34.7 Å². The number of ether oxygens (including phenoxy) is 4. The van der Waals surface area contributed by atoms with E-state index in [1.165, 1.54) is 11.8 Å². The minimum atomic E-state index is -0.151. The molecule has 50 heavy (non-hydrogen) atoms. The molecule has 1 heterocycles. The van der Waals surface area contributed by atoms with Crippen molar-refractivity contribution in [2.45, 2.75) is 34.0 Å². The summed E-state index contributed by atoms with van der Waals surface area (Å²) >= 11 is 5.02. The van der Waals surface area contributed by atoms with Crippen molar-refractivity contribution in [3.63, 3.8) is 0 Å². The Labute approximate surface area is 305 Å². The number of anilines is 1. The van der Waals surface area contributed by atoms with E-state index in [-0.39, 0.29) is 12.5 Å². The van der Waals surface area contributed by atoms with Crippen molar-refractivity contribution in [2.24, 2.45) is 4.99 Å². The molecule has 6 rings (SSSR count). The van der Waals surface area contributed by atoms with E-state index in [1.807, 2.05) is 136 Å². The number of hydrogen-bond acceptors (Lipinski definition) is 7. The summed E-state index contributed by atoms with van der Waals surface area (Å²) in [6, 6.07) is 35.4. The first kappa shape index (κ1) is 34.9. The first-order chi connectivity index (χ1) is 24.3.